The van der Waals surface area contributed by atoms with Crippen LogP contribution in [0.3, 0.4) is 0 Å². The highest BCUT2D eigenvalue weighted by Gasteiger charge is 2.18. The third-order valence-electron chi connectivity index (χ3n) is 6.31. The maximum absolute atomic E-state index is 13.6. The number of aromatic nitrogens is 1. The molecule has 0 aliphatic carbocycles. The summed E-state index contributed by atoms with van der Waals surface area (Å²) in [4.78, 5) is 40.1. The first kappa shape index (κ1) is 28.4. The zero-order valence-electron chi connectivity index (χ0n) is 23.0. The second kappa shape index (κ2) is 13.0. The van der Waals surface area contributed by atoms with E-state index in [0.717, 1.165) is 21.2 Å². The van der Waals surface area contributed by atoms with Gasteiger partial charge in [-0.05, 0) is 66.6 Å². The van der Waals surface area contributed by atoms with Crippen LogP contribution in [-0.4, -0.2) is 28.1 Å². The molecule has 0 saturated heterocycles. The van der Waals surface area contributed by atoms with Gasteiger partial charge in [-0.2, -0.15) is 0 Å². The van der Waals surface area contributed by atoms with Crippen molar-refractivity contribution < 1.29 is 18.9 Å². The van der Waals surface area contributed by atoms with E-state index in [-0.39, 0.29) is 11.6 Å². The third-order valence-corrected chi connectivity index (χ3v) is 7.40. The fourth-order valence-electron chi connectivity index (χ4n) is 4.23. The van der Waals surface area contributed by atoms with E-state index in [9.17, 15) is 14.4 Å². The van der Waals surface area contributed by atoms with Crippen molar-refractivity contribution in [3.05, 3.63) is 126 Å². The Morgan fingerprint density at radius 2 is 1.60 bits per heavy atom. The summed E-state index contributed by atoms with van der Waals surface area (Å²) in [6.07, 6.45) is 1.68. The van der Waals surface area contributed by atoms with E-state index in [4.69, 9.17) is 4.52 Å². The molecule has 1 unspecified atom stereocenters. The number of carbonyl (C=O) groups is 3. The van der Waals surface area contributed by atoms with Crippen molar-refractivity contribution >= 4 is 57.8 Å². The maximum atomic E-state index is 13.6. The molecule has 8 nitrogen and oxygen atoms in total. The van der Waals surface area contributed by atoms with Crippen molar-refractivity contribution in [2.24, 2.45) is 0 Å². The average Bonchev–Trinajstić information content (AvgIpc) is 3.41. The first-order valence-electron chi connectivity index (χ1n) is 13.2. The molecule has 5 aromatic rings. The molecule has 0 fully saturated rings. The molecular formula is C33H28N4O4S. The largest absolute Gasteiger partial charge is 0.360 e. The molecule has 4 aromatic carbocycles. The molecule has 42 heavy (non-hydrogen) atoms. The molecule has 0 aliphatic rings. The van der Waals surface area contributed by atoms with Crippen LogP contribution in [0.5, 0.6) is 0 Å². The summed E-state index contributed by atoms with van der Waals surface area (Å²) in [5.74, 6) is -0.159. The number of anilines is 2. The molecule has 9 heteroatoms. The van der Waals surface area contributed by atoms with E-state index in [1.807, 2.05) is 54.6 Å². The highest BCUT2D eigenvalue weighted by Crippen LogP contribution is 2.27. The number of hydrogen-bond acceptors (Lipinski definition) is 6. The van der Waals surface area contributed by atoms with Gasteiger partial charge in [0.15, 0.2) is 5.82 Å². The number of hydrogen-bond donors (Lipinski definition) is 3. The second-order valence-electron chi connectivity index (χ2n) is 9.50. The maximum Gasteiger partial charge on any atom is 0.272 e. The molecule has 1 aromatic heterocycles. The SMILES string of the molecule is Cc1cc(NC(=O)C(C)Sc2cccc(NC(=O)/C(=C\c3cccc4ccccc34)NC(=O)c3ccccc3)c2)no1. The average molecular weight is 577 g/mol. The summed E-state index contributed by atoms with van der Waals surface area (Å²) >= 11 is 1.33. The van der Waals surface area contributed by atoms with Gasteiger partial charge in [0.05, 0.1) is 5.25 Å². The third kappa shape index (κ3) is 7.13. The topological polar surface area (TPSA) is 113 Å². The van der Waals surface area contributed by atoms with E-state index < -0.39 is 17.1 Å². The molecule has 0 bridgehead atoms. The number of nitrogens with zero attached hydrogens (tertiary/aromatic N) is 1. The fourth-order valence-corrected chi connectivity index (χ4v) is 5.16. The van der Waals surface area contributed by atoms with Crippen LogP contribution in [0.15, 0.2) is 118 Å². The van der Waals surface area contributed by atoms with Crippen molar-refractivity contribution in [2.45, 2.75) is 24.0 Å². The summed E-state index contributed by atoms with van der Waals surface area (Å²) in [5, 5.41) is 13.7. The van der Waals surface area contributed by atoms with Gasteiger partial charge in [-0.1, -0.05) is 71.9 Å². The van der Waals surface area contributed by atoms with Gasteiger partial charge in [-0.25, -0.2) is 0 Å². The molecule has 210 valence electrons. The van der Waals surface area contributed by atoms with Gasteiger partial charge >= 0.3 is 0 Å². The number of aryl methyl sites for hydroxylation is 1. The molecule has 0 radical (unpaired) electrons. The molecule has 1 atom stereocenters. The Bertz CT molecular complexity index is 1780. The number of benzene rings is 4. The predicted molar refractivity (Wildman–Crippen MR) is 166 cm³/mol. The van der Waals surface area contributed by atoms with Gasteiger partial charge in [-0.15, -0.1) is 11.8 Å². The van der Waals surface area contributed by atoms with Crippen molar-refractivity contribution in [3.8, 4) is 0 Å². The van der Waals surface area contributed by atoms with Crippen LogP contribution >= 0.6 is 11.8 Å². The van der Waals surface area contributed by atoms with E-state index in [1.165, 1.54) is 11.8 Å². The number of amides is 3. The first-order valence-corrected chi connectivity index (χ1v) is 14.1. The minimum Gasteiger partial charge on any atom is -0.360 e. The van der Waals surface area contributed by atoms with Gasteiger partial charge in [0, 0.05) is 22.2 Å². The van der Waals surface area contributed by atoms with E-state index in [1.54, 1.807) is 68.5 Å². The fraction of sp³-hybridized carbons (Fsp3) is 0.0909. The standard InChI is InChI=1S/C33H28N4O4S/c1-21-18-30(37-41-21)36-31(38)22(2)42-27-16-9-15-26(20-27)34-33(40)29(35-32(39)24-11-4-3-5-12-24)19-25-14-8-13-23-10-6-7-17-28(23)25/h3-20,22H,1-2H3,(H,34,40)(H,35,39)(H,36,37,38)/b29-19+. The number of nitrogens with one attached hydrogen (secondary N) is 3. The van der Waals surface area contributed by atoms with Gasteiger partial charge in [0.2, 0.25) is 5.91 Å². The van der Waals surface area contributed by atoms with Gasteiger partial charge in [0.1, 0.15) is 11.5 Å². The van der Waals surface area contributed by atoms with Gasteiger partial charge < -0.3 is 20.5 Å². The Labute approximate surface area is 247 Å². The smallest absolute Gasteiger partial charge is 0.272 e. The number of carbonyl (C=O) groups excluding carboxylic acids is 3. The number of fused-ring (bicyclic) bond motifs is 1. The highest BCUT2D eigenvalue weighted by atomic mass is 32.2. The Balaban J connectivity index is 1.36. The minimum atomic E-state index is -0.485. The van der Waals surface area contributed by atoms with Crippen molar-refractivity contribution in [2.75, 3.05) is 10.6 Å². The zero-order chi connectivity index (χ0) is 29.5. The lowest BCUT2D eigenvalue weighted by Crippen LogP contribution is -2.30. The molecule has 0 spiro atoms. The summed E-state index contributed by atoms with van der Waals surface area (Å²) in [6, 6.07) is 31.2. The lowest BCUT2D eigenvalue weighted by atomic mass is 10.0. The Kier molecular flexibility index (Phi) is 8.79. The molecule has 3 amide bonds. The Hall–Kier alpha value is -5.15. The minimum absolute atomic E-state index is 0.0916. The van der Waals surface area contributed by atoms with Crippen LogP contribution in [0.25, 0.3) is 16.8 Å². The normalized spacial score (nSPS) is 12.0. The van der Waals surface area contributed by atoms with E-state index in [0.29, 0.717) is 22.8 Å². The van der Waals surface area contributed by atoms with Crippen LogP contribution < -0.4 is 16.0 Å². The molecule has 5 rings (SSSR count). The second-order valence-corrected chi connectivity index (χ2v) is 10.9. The van der Waals surface area contributed by atoms with Crippen molar-refractivity contribution in [1.82, 2.24) is 10.5 Å². The molecule has 1 heterocycles. The zero-order valence-corrected chi connectivity index (χ0v) is 23.8. The molecule has 3 N–H and O–H groups in total. The number of thioether (sulfide) groups is 1. The monoisotopic (exact) mass is 576 g/mol. The van der Waals surface area contributed by atoms with Crippen molar-refractivity contribution in [1.29, 1.82) is 0 Å². The van der Waals surface area contributed by atoms with Crippen molar-refractivity contribution in [3.63, 3.8) is 0 Å². The lowest BCUT2D eigenvalue weighted by molar-refractivity contribution is -0.115. The summed E-state index contributed by atoms with van der Waals surface area (Å²) in [7, 11) is 0. The quantitative estimate of drug-likeness (QED) is 0.134. The summed E-state index contributed by atoms with van der Waals surface area (Å²) in [5.41, 5.74) is 1.83. The van der Waals surface area contributed by atoms with Gasteiger partial charge in [-0.3, -0.25) is 14.4 Å². The lowest BCUT2D eigenvalue weighted by Gasteiger charge is -2.14. The highest BCUT2D eigenvalue weighted by molar-refractivity contribution is 8.00. The summed E-state index contributed by atoms with van der Waals surface area (Å²) < 4.78 is 5.00. The Morgan fingerprint density at radius 1 is 0.857 bits per heavy atom. The molecule has 0 saturated carbocycles. The Morgan fingerprint density at radius 3 is 2.38 bits per heavy atom. The van der Waals surface area contributed by atoms with Gasteiger partial charge in [0.25, 0.3) is 11.8 Å². The predicted octanol–water partition coefficient (Wildman–Crippen LogP) is 6.67. The van der Waals surface area contributed by atoms with Crippen LogP contribution in [-0.2, 0) is 9.59 Å². The van der Waals surface area contributed by atoms with E-state index >= 15 is 0 Å². The van der Waals surface area contributed by atoms with Crippen LogP contribution in [0, 0.1) is 6.92 Å². The summed E-state index contributed by atoms with van der Waals surface area (Å²) in [6.45, 7) is 3.53. The molecular weight excluding hydrogens is 548 g/mol. The number of rotatable bonds is 9. The molecule has 0 aliphatic heterocycles. The van der Waals surface area contributed by atoms with Crippen LogP contribution in [0.1, 0.15) is 28.6 Å². The van der Waals surface area contributed by atoms with E-state index in [2.05, 4.69) is 21.1 Å². The first-order chi connectivity index (χ1) is 20.4. The van der Waals surface area contributed by atoms with Crippen LogP contribution in [0.2, 0.25) is 0 Å². The van der Waals surface area contributed by atoms with Crippen LogP contribution in [0.4, 0.5) is 11.5 Å².